The van der Waals surface area contributed by atoms with Crippen LogP contribution in [0.4, 0.5) is 4.39 Å². The predicted molar refractivity (Wildman–Crippen MR) is 76.4 cm³/mol. The Morgan fingerprint density at radius 3 is 2.71 bits per heavy atom. The molecule has 0 aromatic heterocycles. The molecule has 21 heavy (non-hydrogen) atoms. The first-order valence-electron chi connectivity index (χ1n) is 6.38. The van der Waals surface area contributed by atoms with Gasteiger partial charge in [0.1, 0.15) is 10.7 Å². The van der Waals surface area contributed by atoms with Gasteiger partial charge in [-0.15, -0.1) is 0 Å². The summed E-state index contributed by atoms with van der Waals surface area (Å²) in [5.41, 5.74) is 0. The Bertz CT molecular complexity index is 610. The number of methoxy groups -OCH3 is 2. The third-order valence-corrected chi connectivity index (χ3v) is 5.90. The molecule has 5 nitrogen and oxygen atoms in total. The number of sulfonamides is 1. The second kappa shape index (κ2) is 6.58. The Balaban J connectivity index is 2.37. The fraction of sp³-hybridized carbons (Fsp3) is 0.538. The van der Waals surface area contributed by atoms with Crippen molar-refractivity contribution in [1.29, 1.82) is 0 Å². The highest BCUT2D eigenvalue weighted by molar-refractivity contribution is 7.89. The molecule has 1 fully saturated rings. The second-order valence-corrected chi connectivity index (χ2v) is 7.12. The molecule has 1 aromatic rings. The lowest BCUT2D eigenvalue weighted by Gasteiger charge is -2.23. The summed E-state index contributed by atoms with van der Waals surface area (Å²) in [4.78, 5) is -0.108. The number of ether oxygens (including phenoxy) is 2. The first kappa shape index (κ1) is 16.6. The van der Waals surface area contributed by atoms with Crippen molar-refractivity contribution in [2.45, 2.75) is 23.5 Å². The molecule has 1 aliphatic heterocycles. The van der Waals surface area contributed by atoms with Crippen molar-refractivity contribution in [3.63, 3.8) is 0 Å². The lowest BCUT2D eigenvalue weighted by molar-refractivity contribution is 0.110. The molecule has 0 radical (unpaired) electrons. The van der Waals surface area contributed by atoms with E-state index in [2.05, 4.69) is 0 Å². The maximum absolute atomic E-state index is 13.1. The highest BCUT2D eigenvalue weighted by Gasteiger charge is 2.41. The van der Waals surface area contributed by atoms with Crippen molar-refractivity contribution in [1.82, 2.24) is 4.31 Å². The van der Waals surface area contributed by atoms with Crippen molar-refractivity contribution in [2.75, 3.05) is 27.4 Å². The molecular formula is C13H17ClFNO4S. The zero-order valence-corrected chi connectivity index (χ0v) is 13.3. The molecule has 0 aliphatic carbocycles. The van der Waals surface area contributed by atoms with Gasteiger partial charge in [-0.2, -0.15) is 4.31 Å². The molecule has 0 saturated carbocycles. The first-order valence-corrected chi connectivity index (χ1v) is 8.20. The Labute approximate surface area is 128 Å². The smallest absolute Gasteiger partial charge is 0.244 e. The van der Waals surface area contributed by atoms with Gasteiger partial charge in [0.2, 0.25) is 10.0 Å². The van der Waals surface area contributed by atoms with E-state index < -0.39 is 15.8 Å². The summed E-state index contributed by atoms with van der Waals surface area (Å²) >= 11 is 5.88. The van der Waals surface area contributed by atoms with Crippen molar-refractivity contribution in [3.8, 4) is 0 Å². The summed E-state index contributed by atoms with van der Waals surface area (Å²) in [5, 5.41) is -0.132. The van der Waals surface area contributed by atoms with Gasteiger partial charge in [0, 0.05) is 20.8 Å². The lowest BCUT2D eigenvalue weighted by Crippen LogP contribution is -2.38. The van der Waals surface area contributed by atoms with Crippen molar-refractivity contribution >= 4 is 21.6 Å². The number of benzene rings is 1. The molecule has 2 rings (SSSR count). The molecule has 0 bridgehead atoms. The highest BCUT2D eigenvalue weighted by atomic mass is 35.5. The quantitative estimate of drug-likeness (QED) is 0.823. The van der Waals surface area contributed by atoms with E-state index in [-0.39, 0.29) is 35.2 Å². The average Bonchev–Trinajstić information content (AvgIpc) is 2.82. The molecule has 0 spiro atoms. The molecule has 1 saturated heterocycles. The summed E-state index contributed by atoms with van der Waals surface area (Å²) in [5.74, 6) is -0.580. The van der Waals surface area contributed by atoms with Gasteiger partial charge in [0.15, 0.2) is 0 Å². The lowest BCUT2D eigenvalue weighted by atomic mass is 10.2. The highest BCUT2D eigenvalue weighted by Crippen LogP contribution is 2.31. The molecule has 8 heteroatoms. The molecule has 0 N–H and O–H groups in total. The van der Waals surface area contributed by atoms with Crippen molar-refractivity contribution in [3.05, 3.63) is 29.0 Å². The van der Waals surface area contributed by atoms with Gasteiger partial charge in [0.25, 0.3) is 0 Å². The van der Waals surface area contributed by atoms with Crippen LogP contribution in [-0.4, -0.2) is 52.2 Å². The Hall–Kier alpha value is -0.730. The van der Waals surface area contributed by atoms with Gasteiger partial charge in [0.05, 0.1) is 23.8 Å². The van der Waals surface area contributed by atoms with E-state index in [1.165, 1.54) is 24.6 Å². The van der Waals surface area contributed by atoms with Crippen LogP contribution in [0.3, 0.4) is 0 Å². The fourth-order valence-corrected chi connectivity index (χ4v) is 4.62. The standard InChI is InChI=1S/C13H17ClFNO4S/c1-19-8-10-6-11(20-2)7-16(10)21(17,18)13-4-3-9(15)5-12(13)14/h3-5,10-11H,6-8H2,1-2H3/t10-,11+/m0/s1. The monoisotopic (exact) mass is 337 g/mol. The van der Waals surface area contributed by atoms with E-state index in [1.807, 2.05) is 0 Å². The second-order valence-electron chi connectivity index (χ2n) is 4.85. The van der Waals surface area contributed by atoms with Crippen molar-refractivity contribution in [2.24, 2.45) is 0 Å². The molecule has 1 aromatic carbocycles. The summed E-state index contributed by atoms with van der Waals surface area (Å²) in [6, 6.07) is 2.92. The van der Waals surface area contributed by atoms with Crippen LogP contribution in [0.2, 0.25) is 5.02 Å². The minimum atomic E-state index is -3.83. The van der Waals surface area contributed by atoms with Gasteiger partial charge < -0.3 is 9.47 Å². The van der Waals surface area contributed by atoms with E-state index in [1.54, 1.807) is 0 Å². The van der Waals surface area contributed by atoms with Gasteiger partial charge in [-0.3, -0.25) is 0 Å². The number of hydrogen-bond acceptors (Lipinski definition) is 4. The van der Waals surface area contributed by atoms with E-state index >= 15 is 0 Å². The van der Waals surface area contributed by atoms with Crippen LogP contribution < -0.4 is 0 Å². The first-order chi connectivity index (χ1) is 9.90. The normalized spacial score (nSPS) is 23.6. The molecule has 1 heterocycles. The summed E-state index contributed by atoms with van der Waals surface area (Å²) < 4.78 is 50.2. The maximum Gasteiger partial charge on any atom is 0.244 e. The van der Waals surface area contributed by atoms with Crippen LogP contribution in [0.5, 0.6) is 0 Å². The molecule has 1 aliphatic rings. The summed E-state index contributed by atoms with van der Waals surface area (Å²) in [6.07, 6.45) is 0.349. The molecule has 0 amide bonds. The van der Waals surface area contributed by atoms with Crippen LogP contribution in [-0.2, 0) is 19.5 Å². The van der Waals surface area contributed by atoms with Gasteiger partial charge >= 0.3 is 0 Å². The molecule has 0 unspecified atom stereocenters. The third-order valence-electron chi connectivity index (χ3n) is 3.50. The Morgan fingerprint density at radius 2 is 2.14 bits per heavy atom. The number of halogens is 2. The fourth-order valence-electron chi connectivity index (χ4n) is 2.46. The number of hydrogen-bond donors (Lipinski definition) is 0. The van der Waals surface area contributed by atoms with E-state index in [4.69, 9.17) is 21.1 Å². The zero-order valence-electron chi connectivity index (χ0n) is 11.8. The van der Waals surface area contributed by atoms with Crippen LogP contribution in [0, 0.1) is 5.82 Å². The van der Waals surface area contributed by atoms with Crippen LogP contribution in [0.15, 0.2) is 23.1 Å². The zero-order chi connectivity index (χ0) is 15.6. The van der Waals surface area contributed by atoms with Gasteiger partial charge in [-0.25, -0.2) is 12.8 Å². The van der Waals surface area contributed by atoms with Crippen molar-refractivity contribution < 1.29 is 22.3 Å². The Morgan fingerprint density at radius 1 is 1.43 bits per heavy atom. The summed E-state index contributed by atoms with van der Waals surface area (Å²) in [6.45, 7) is 0.485. The van der Waals surface area contributed by atoms with Gasteiger partial charge in [-0.1, -0.05) is 11.6 Å². The third kappa shape index (κ3) is 3.37. The van der Waals surface area contributed by atoms with Crippen LogP contribution in [0.1, 0.15) is 6.42 Å². The summed E-state index contributed by atoms with van der Waals surface area (Å²) in [7, 11) is -0.779. The number of rotatable bonds is 5. The van der Waals surface area contributed by atoms with E-state index in [0.717, 1.165) is 12.1 Å². The molecule has 118 valence electrons. The predicted octanol–water partition coefficient (Wildman–Crippen LogP) is 1.90. The van der Waals surface area contributed by atoms with E-state index in [0.29, 0.717) is 6.42 Å². The van der Waals surface area contributed by atoms with Crippen LogP contribution >= 0.6 is 11.6 Å². The number of nitrogens with zero attached hydrogens (tertiary/aromatic N) is 1. The topological polar surface area (TPSA) is 55.8 Å². The van der Waals surface area contributed by atoms with E-state index in [9.17, 15) is 12.8 Å². The average molecular weight is 338 g/mol. The largest absolute Gasteiger partial charge is 0.383 e. The van der Waals surface area contributed by atoms with Gasteiger partial charge in [-0.05, 0) is 24.6 Å². The molecular weight excluding hydrogens is 321 g/mol. The maximum atomic E-state index is 13.1. The molecule has 2 atom stereocenters. The minimum absolute atomic E-state index is 0.108. The van der Waals surface area contributed by atoms with Crippen LogP contribution in [0.25, 0.3) is 0 Å². The minimum Gasteiger partial charge on any atom is -0.383 e. The Kier molecular flexibility index (Phi) is 5.21. The SMILES string of the molecule is COC[C@@H]1C[C@@H](OC)CN1S(=O)(=O)c1ccc(F)cc1Cl.